The van der Waals surface area contributed by atoms with Crippen molar-refractivity contribution in [2.75, 3.05) is 50.7 Å². The smallest absolute Gasteiger partial charge is 0.191 e. The monoisotopic (exact) mass is 432 g/mol. The molecule has 2 N–H and O–H groups in total. The zero-order valence-electron chi connectivity index (χ0n) is 18.0. The summed E-state index contributed by atoms with van der Waals surface area (Å²) in [5, 5.41) is 7.78. The Balaban J connectivity index is 1.37. The molecule has 0 aliphatic carbocycles. The minimum atomic E-state index is -0.131. The van der Waals surface area contributed by atoms with E-state index in [2.05, 4.69) is 44.3 Å². The maximum Gasteiger partial charge on any atom is 0.191 e. The summed E-state index contributed by atoms with van der Waals surface area (Å²) in [5.41, 5.74) is 0.719. The molecule has 0 spiro atoms. The molecule has 1 aromatic heterocycles. The summed E-state index contributed by atoms with van der Waals surface area (Å²) in [4.78, 5) is 15.0. The highest BCUT2D eigenvalue weighted by atomic mass is 32.1. The van der Waals surface area contributed by atoms with Crippen LogP contribution in [0.25, 0.3) is 0 Å². The molecule has 0 bridgehead atoms. The maximum absolute atomic E-state index is 14.0. The van der Waals surface area contributed by atoms with E-state index in [1.807, 2.05) is 18.3 Å². The molecule has 0 atom stereocenters. The summed E-state index contributed by atoms with van der Waals surface area (Å²) >= 11 is 1.73. The van der Waals surface area contributed by atoms with Crippen LogP contribution in [0.1, 0.15) is 30.2 Å². The minimum absolute atomic E-state index is 0.131. The van der Waals surface area contributed by atoms with Crippen molar-refractivity contribution in [1.29, 1.82) is 0 Å². The molecule has 30 heavy (non-hydrogen) atoms. The highest BCUT2D eigenvalue weighted by Gasteiger charge is 2.18. The Labute approximate surface area is 183 Å². The number of rotatable bonds is 9. The summed E-state index contributed by atoms with van der Waals surface area (Å²) in [6.45, 7) is 11.2. The van der Waals surface area contributed by atoms with Crippen LogP contribution in [0.2, 0.25) is 0 Å². The van der Waals surface area contributed by atoms with Gasteiger partial charge in [-0.1, -0.05) is 19.1 Å². The Hall–Kier alpha value is -2.19. The molecule has 0 saturated carbocycles. The fourth-order valence-electron chi connectivity index (χ4n) is 3.50. The van der Waals surface area contributed by atoms with Gasteiger partial charge in [0, 0.05) is 50.3 Å². The molecule has 3 rings (SSSR count). The number of anilines is 1. The average molecular weight is 433 g/mol. The Morgan fingerprint density at radius 3 is 2.67 bits per heavy atom. The van der Waals surface area contributed by atoms with Gasteiger partial charge in [-0.15, -0.1) is 11.3 Å². The third-order valence-corrected chi connectivity index (χ3v) is 6.30. The number of hydrogen-bond donors (Lipinski definition) is 2. The van der Waals surface area contributed by atoms with E-state index in [0.29, 0.717) is 6.54 Å². The fraction of sp³-hybridized carbons (Fsp3) is 0.545. The van der Waals surface area contributed by atoms with E-state index in [0.717, 1.165) is 75.3 Å². The number of aliphatic imine (C=N–C) groups is 1. The molecular weight excluding hydrogens is 399 g/mol. The summed E-state index contributed by atoms with van der Waals surface area (Å²) in [7, 11) is 0. The first-order valence-electron chi connectivity index (χ1n) is 10.9. The highest BCUT2D eigenvalue weighted by molar-refractivity contribution is 7.11. The van der Waals surface area contributed by atoms with Gasteiger partial charge in [-0.25, -0.2) is 14.4 Å². The Morgan fingerprint density at radius 1 is 1.17 bits per heavy atom. The Morgan fingerprint density at radius 2 is 1.97 bits per heavy atom. The van der Waals surface area contributed by atoms with Crippen LogP contribution in [0.3, 0.4) is 0 Å². The van der Waals surface area contributed by atoms with Crippen LogP contribution in [0.15, 0.2) is 35.5 Å². The summed E-state index contributed by atoms with van der Waals surface area (Å²) in [6.07, 6.45) is 4.01. The predicted octanol–water partition coefficient (Wildman–Crippen LogP) is 3.11. The standard InChI is InChI=1S/C22H33FN6S/c1-3-18-16-26-21(30-18)17-27-22(24-4-2)25-10-7-11-28-12-14-29(15-13-28)20-9-6-5-8-19(20)23/h5-6,8-9,16H,3-4,7,10-15,17H2,1-2H3,(H2,24,25,27). The van der Waals surface area contributed by atoms with Crippen molar-refractivity contribution in [3.8, 4) is 0 Å². The lowest BCUT2D eigenvalue weighted by molar-refractivity contribution is 0.254. The number of thiazole rings is 1. The minimum Gasteiger partial charge on any atom is -0.367 e. The summed E-state index contributed by atoms with van der Waals surface area (Å²) in [6, 6.07) is 7.04. The predicted molar refractivity (Wildman–Crippen MR) is 124 cm³/mol. The van der Waals surface area contributed by atoms with Crippen LogP contribution >= 0.6 is 11.3 Å². The number of aromatic nitrogens is 1. The van der Waals surface area contributed by atoms with Gasteiger partial charge in [0.1, 0.15) is 10.8 Å². The number of aryl methyl sites for hydroxylation is 1. The third-order valence-electron chi connectivity index (χ3n) is 5.18. The molecule has 6 nitrogen and oxygen atoms in total. The van der Waals surface area contributed by atoms with E-state index < -0.39 is 0 Å². The van der Waals surface area contributed by atoms with E-state index >= 15 is 0 Å². The molecule has 8 heteroatoms. The molecule has 1 aliphatic rings. The number of hydrogen-bond acceptors (Lipinski definition) is 5. The van der Waals surface area contributed by atoms with Crippen molar-refractivity contribution in [2.45, 2.75) is 33.2 Å². The number of para-hydroxylation sites is 1. The van der Waals surface area contributed by atoms with Crippen molar-refractivity contribution in [3.05, 3.63) is 46.2 Å². The SMILES string of the molecule is CCNC(=NCc1ncc(CC)s1)NCCCN1CCN(c2ccccc2F)CC1. The number of nitrogens with one attached hydrogen (secondary N) is 2. The molecule has 0 radical (unpaired) electrons. The molecule has 2 heterocycles. The van der Waals surface area contributed by atoms with E-state index in [-0.39, 0.29) is 5.82 Å². The van der Waals surface area contributed by atoms with Crippen LogP contribution < -0.4 is 15.5 Å². The average Bonchev–Trinajstić information content (AvgIpc) is 3.24. The first-order chi connectivity index (χ1) is 14.7. The molecule has 0 amide bonds. The summed E-state index contributed by atoms with van der Waals surface area (Å²) < 4.78 is 14.0. The van der Waals surface area contributed by atoms with Crippen LogP contribution in [0.5, 0.6) is 0 Å². The fourth-order valence-corrected chi connectivity index (χ4v) is 4.29. The second kappa shape index (κ2) is 11.9. The number of nitrogens with zero attached hydrogens (tertiary/aromatic N) is 4. The van der Waals surface area contributed by atoms with Gasteiger partial charge in [-0.05, 0) is 38.4 Å². The summed E-state index contributed by atoms with van der Waals surface area (Å²) in [5.74, 6) is 0.712. The molecule has 1 saturated heterocycles. The van der Waals surface area contributed by atoms with Gasteiger partial charge in [-0.2, -0.15) is 0 Å². The maximum atomic E-state index is 14.0. The molecule has 1 fully saturated rings. The largest absolute Gasteiger partial charge is 0.367 e. The van der Waals surface area contributed by atoms with Gasteiger partial charge in [0.15, 0.2) is 5.96 Å². The van der Waals surface area contributed by atoms with Crippen molar-refractivity contribution >= 4 is 23.0 Å². The van der Waals surface area contributed by atoms with Crippen molar-refractivity contribution < 1.29 is 4.39 Å². The molecule has 2 aromatic rings. The Bertz CT molecular complexity index is 800. The van der Waals surface area contributed by atoms with Crippen LogP contribution in [-0.2, 0) is 13.0 Å². The van der Waals surface area contributed by atoms with Crippen LogP contribution in [-0.4, -0.2) is 61.7 Å². The van der Waals surface area contributed by atoms with Crippen LogP contribution in [0.4, 0.5) is 10.1 Å². The molecule has 1 aliphatic heterocycles. The topological polar surface area (TPSA) is 55.8 Å². The van der Waals surface area contributed by atoms with E-state index in [4.69, 9.17) is 0 Å². The molecule has 0 unspecified atom stereocenters. The number of halogens is 1. The number of benzene rings is 1. The molecule has 164 valence electrons. The van der Waals surface area contributed by atoms with Gasteiger partial charge < -0.3 is 15.5 Å². The lowest BCUT2D eigenvalue weighted by Gasteiger charge is -2.36. The second-order valence-corrected chi connectivity index (χ2v) is 8.53. The Kier molecular flexibility index (Phi) is 8.89. The van der Waals surface area contributed by atoms with E-state index in [1.165, 1.54) is 10.9 Å². The first kappa shape index (κ1) is 22.5. The normalized spacial score (nSPS) is 15.4. The highest BCUT2D eigenvalue weighted by Crippen LogP contribution is 2.20. The zero-order valence-corrected chi connectivity index (χ0v) is 18.8. The lowest BCUT2D eigenvalue weighted by atomic mass is 10.2. The van der Waals surface area contributed by atoms with Crippen molar-refractivity contribution in [2.24, 2.45) is 4.99 Å². The van der Waals surface area contributed by atoms with Gasteiger partial charge in [0.25, 0.3) is 0 Å². The number of guanidine groups is 1. The molecular formula is C22H33FN6S. The molecule has 1 aromatic carbocycles. The third kappa shape index (κ3) is 6.67. The van der Waals surface area contributed by atoms with Gasteiger partial charge in [0.05, 0.1) is 12.2 Å². The van der Waals surface area contributed by atoms with Gasteiger partial charge >= 0.3 is 0 Å². The first-order valence-corrected chi connectivity index (χ1v) is 11.7. The van der Waals surface area contributed by atoms with Crippen molar-refractivity contribution in [1.82, 2.24) is 20.5 Å². The number of piperazine rings is 1. The van der Waals surface area contributed by atoms with Crippen molar-refractivity contribution in [3.63, 3.8) is 0 Å². The van der Waals surface area contributed by atoms with Crippen LogP contribution in [0, 0.1) is 5.82 Å². The van der Waals surface area contributed by atoms with E-state index in [9.17, 15) is 4.39 Å². The zero-order chi connectivity index (χ0) is 21.2. The van der Waals surface area contributed by atoms with Gasteiger partial charge in [0.2, 0.25) is 0 Å². The van der Waals surface area contributed by atoms with Gasteiger partial charge in [-0.3, -0.25) is 4.90 Å². The van der Waals surface area contributed by atoms with E-state index in [1.54, 1.807) is 17.4 Å². The second-order valence-electron chi connectivity index (χ2n) is 7.33. The lowest BCUT2D eigenvalue weighted by Crippen LogP contribution is -2.47. The quantitative estimate of drug-likeness (QED) is 0.362.